The molecule has 31 heavy (non-hydrogen) atoms. The van der Waals surface area contributed by atoms with Crippen molar-refractivity contribution >= 4 is 34.2 Å². The van der Waals surface area contributed by atoms with Gasteiger partial charge in [-0.25, -0.2) is 4.98 Å². The lowest BCUT2D eigenvalue weighted by Crippen LogP contribution is -2.10. The van der Waals surface area contributed by atoms with Crippen LogP contribution in [0.5, 0.6) is 11.5 Å². The van der Waals surface area contributed by atoms with E-state index in [2.05, 4.69) is 29.7 Å². The van der Waals surface area contributed by atoms with Crippen LogP contribution in [0.2, 0.25) is 10.0 Å². The minimum Gasteiger partial charge on any atom is -0.494 e. The molecule has 0 amide bonds. The Morgan fingerprint density at radius 1 is 0.935 bits per heavy atom. The molecule has 0 spiro atoms. The Bertz CT molecular complexity index is 1160. The van der Waals surface area contributed by atoms with Crippen LogP contribution in [0.15, 0.2) is 66.7 Å². The van der Waals surface area contributed by atoms with E-state index in [9.17, 15) is 0 Å². The molecule has 0 saturated carbocycles. The van der Waals surface area contributed by atoms with Crippen LogP contribution in [-0.2, 0) is 19.6 Å². The predicted octanol–water partition coefficient (Wildman–Crippen LogP) is 6.95. The molecule has 1 aromatic heterocycles. The van der Waals surface area contributed by atoms with Gasteiger partial charge < -0.3 is 14.0 Å². The first-order valence-electron chi connectivity index (χ1n) is 10.4. The van der Waals surface area contributed by atoms with Gasteiger partial charge in [-0.1, -0.05) is 54.4 Å². The van der Waals surface area contributed by atoms with Crippen LogP contribution in [-0.4, -0.2) is 16.2 Å². The van der Waals surface area contributed by atoms with E-state index in [0.29, 0.717) is 29.0 Å². The molecule has 3 aromatic carbocycles. The zero-order valence-corrected chi connectivity index (χ0v) is 18.9. The molecule has 0 fully saturated rings. The molecule has 4 aromatic rings. The molecule has 0 N–H and O–H groups in total. The Morgan fingerprint density at radius 3 is 2.52 bits per heavy atom. The van der Waals surface area contributed by atoms with E-state index in [4.69, 9.17) is 37.7 Å². The number of halogens is 2. The van der Waals surface area contributed by atoms with E-state index in [0.717, 1.165) is 42.0 Å². The van der Waals surface area contributed by atoms with E-state index < -0.39 is 0 Å². The number of fused-ring (bicyclic) bond motifs is 1. The molecule has 0 aliphatic carbocycles. The topological polar surface area (TPSA) is 36.3 Å². The lowest BCUT2D eigenvalue weighted by Gasteiger charge is -2.12. The highest BCUT2D eigenvalue weighted by atomic mass is 35.5. The Kier molecular flexibility index (Phi) is 7.00. The molecule has 4 nitrogen and oxygen atoms in total. The van der Waals surface area contributed by atoms with Gasteiger partial charge in [0, 0.05) is 11.6 Å². The molecule has 0 radical (unpaired) electrons. The average molecular weight is 455 g/mol. The highest BCUT2D eigenvalue weighted by Crippen LogP contribution is 2.28. The van der Waals surface area contributed by atoms with Crippen molar-refractivity contribution in [2.24, 2.45) is 0 Å². The zero-order chi connectivity index (χ0) is 21.6. The molecule has 0 aliphatic heterocycles. The highest BCUT2D eigenvalue weighted by molar-refractivity contribution is 6.35. The third-order valence-corrected chi connectivity index (χ3v) is 5.64. The number of hydrogen-bond donors (Lipinski definition) is 0. The Labute approximate surface area is 192 Å². The first kappa shape index (κ1) is 21.5. The summed E-state index contributed by atoms with van der Waals surface area (Å²) in [4.78, 5) is 4.76. The first-order valence-corrected chi connectivity index (χ1v) is 11.1. The second-order valence-electron chi connectivity index (χ2n) is 7.23. The second kappa shape index (κ2) is 10.1. The summed E-state index contributed by atoms with van der Waals surface area (Å²) in [5, 5.41) is 1.06. The normalized spacial score (nSPS) is 11.1. The van der Waals surface area contributed by atoms with Crippen molar-refractivity contribution in [1.82, 2.24) is 9.55 Å². The summed E-state index contributed by atoms with van der Waals surface area (Å²) in [6.07, 6.45) is 1.88. The maximum absolute atomic E-state index is 6.24. The molecular weight excluding hydrogens is 431 g/mol. The molecule has 0 aliphatic rings. The number of aromatic nitrogens is 2. The molecule has 4 rings (SSSR count). The number of rotatable bonds is 9. The predicted molar refractivity (Wildman–Crippen MR) is 126 cm³/mol. The van der Waals surface area contributed by atoms with Gasteiger partial charge in [0.2, 0.25) is 0 Å². The summed E-state index contributed by atoms with van der Waals surface area (Å²) >= 11 is 12.2. The fourth-order valence-electron chi connectivity index (χ4n) is 3.45. The van der Waals surface area contributed by atoms with Crippen molar-refractivity contribution in [3.63, 3.8) is 0 Å². The van der Waals surface area contributed by atoms with Gasteiger partial charge in [-0.05, 0) is 60.9 Å². The number of aryl methyl sites for hydroxylation is 2. The van der Waals surface area contributed by atoms with Crippen LogP contribution < -0.4 is 9.47 Å². The maximum atomic E-state index is 6.24. The quantitative estimate of drug-likeness (QED) is 0.256. The zero-order valence-electron chi connectivity index (χ0n) is 17.4. The lowest BCUT2D eigenvalue weighted by atomic mass is 10.2. The number of benzene rings is 3. The largest absolute Gasteiger partial charge is 0.494 e. The maximum Gasteiger partial charge on any atom is 0.148 e. The van der Waals surface area contributed by atoms with E-state index in [1.807, 2.05) is 30.3 Å². The molecule has 0 saturated heterocycles. The SMILES string of the molecule is CCc1ccc(OCCCn2c(COc3ccc(Cl)cc3Cl)nc3ccccc32)cc1. The molecule has 0 bridgehead atoms. The van der Waals surface area contributed by atoms with Gasteiger partial charge in [-0.15, -0.1) is 0 Å². The van der Waals surface area contributed by atoms with Crippen molar-refractivity contribution in [1.29, 1.82) is 0 Å². The molecular formula is C25H24Cl2N2O2. The molecule has 6 heteroatoms. The number of ether oxygens (including phenoxy) is 2. The standard InChI is InChI=1S/C25H24Cl2N2O2/c1-2-18-8-11-20(12-9-18)30-15-5-14-29-23-7-4-3-6-22(23)28-25(29)17-31-24-13-10-19(26)16-21(24)27/h3-4,6-13,16H,2,5,14-15,17H2,1H3. The van der Waals surface area contributed by atoms with Crippen molar-refractivity contribution < 1.29 is 9.47 Å². The van der Waals surface area contributed by atoms with Gasteiger partial charge >= 0.3 is 0 Å². The van der Waals surface area contributed by atoms with E-state index >= 15 is 0 Å². The van der Waals surface area contributed by atoms with Crippen LogP contribution in [0.25, 0.3) is 11.0 Å². The Balaban J connectivity index is 1.43. The fraction of sp³-hybridized carbons (Fsp3) is 0.240. The fourth-order valence-corrected chi connectivity index (χ4v) is 3.92. The Hall–Kier alpha value is -2.69. The summed E-state index contributed by atoms with van der Waals surface area (Å²) in [5.74, 6) is 2.33. The second-order valence-corrected chi connectivity index (χ2v) is 8.07. The van der Waals surface area contributed by atoms with E-state index in [1.54, 1.807) is 18.2 Å². The highest BCUT2D eigenvalue weighted by Gasteiger charge is 2.12. The molecule has 160 valence electrons. The molecule has 1 heterocycles. The van der Waals surface area contributed by atoms with Crippen LogP contribution in [0, 0.1) is 0 Å². The third kappa shape index (κ3) is 5.33. The monoisotopic (exact) mass is 454 g/mol. The average Bonchev–Trinajstić information content (AvgIpc) is 3.14. The minimum atomic E-state index is 0.315. The summed E-state index contributed by atoms with van der Waals surface area (Å²) in [7, 11) is 0. The third-order valence-electron chi connectivity index (χ3n) is 5.11. The summed E-state index contributed by atoms with van der Waals surface area (Å²) in [6, 6.07) is 21.6. The number of nitrogens with zero attached hydrogens (tertiary/aromatic N) is 2. The number of hydrogen-bond acceptors (Lipinski definition) is 3. The summed E-state index contributed by atoms with van der Waals surface area (Å²) in [5.41, 5.74) is 3.33. The van der Waals surface area contributed by atoms with Gasteiger partial charge in [-0.3, -0.25) is 0 Å². The van der Waals surface area contributed by atoms with Crippen molar-refractivity contribution in [3.05, 3.63) is 88.2 Å². The van der Waals surface area contributed by atoms with Crippen molar-refractivity contribution in [2.45, 2.75) is 32.9 Å². The van der Waals surface area contributed by atoms with Crippen LogP contribution in [0.4, 0.5) is 0 Å². The first-order chi connectivity index (χ1) is 15.1. The van der Waals surface area contributed by atoms with Crippen LogP contribution in [0.3, 0.4) is 0 Å². The number of para-hydroxylation sites is 2. The van der Waals surface area contributed by atoms with E-state index in [1.165, 1.54) is 5.56 Å². The van der Waals surface area contributed by atoms with Gasteiger partial charge in [0.15, 0.2) is 0 Å². The summed E-state index contributed by atoms with van der Waals surface area (Å²) < 4.78 is 14.0. The smallest absolute Gasteiger partial charge is 0.148 e. The van der Waals surface area contributed by atoms with Crippen LogP contribution >= 0.6 is 23.2 Å². The van der Waals surface area contributed by atoms with Crippen LogP contribution in [0.1, 0.15) is 24.7 Å². The summed E-state index contributed by atoms with van der Waals surface area (Å²) in [6.45, 7) is 3.87. The van der Waals surface area contributed by atoms with Crippen molar-refractivity contribution in [3.8, 4) is 11.5 Å². The lowest BCUT2D eigenvalue weighted by molar-refractivity contribution is 0.280. The van der Waals surface area contributed by atoms with Gasteiger partial charge in [0.1, 0.15) is 23.9 Å². The van der Waals surface area contributed by atoms with Crippen molar-refractivity contribution in [2.75, 3.05) is 6.61 Å². The van der Waals surface area contributed by atoms with Gasteiger partial charge in [0.05, 0.1) is 22.7 Å². The number of imidazole rings is 1. The molecule has 0 unspecified atom stereocenters. The van der Waals surface area contributed by atoms with Gasteiger partial charge in [0.25, 0.3) is 0 Å². The Morgan fingerprint density at radius 2 is 1.74 bits per heavy atom. The van der Waals surface area contributed by atoms with Gasteiger partial charge in [-0.2, -0.15) is 0 Å². The molecule has 0 atom stereocenters. The minimum absolute atomic E-state index is 0.315. The van der Waals surface area contributed by atoms with E-state index in [-0.39, 0.29) is 0 Å².